The topological polar surface area (TPSA) is 497 Å². The lowest BCUT2D eigenvalue weighted by molar-refractivity contribution is 0.143. The van der Waals surface area contributed by atoms with Crippen LogP contribution in [-0.2, 0) is 33.2 Å². The fourth-order valence-electron chi connectivity index (χ4n) is 2.90. The minimum absolute atomic E-state index is 0.0188. The molecule has 0 spiro atoms. The standard InChI is InChI=1S/C11H22N10O4.C11H26N6O4.C4H10N4O.C3H2N2O2/c12-20-18-3-7-24-5-1-14-10(22)16-9-17-11(23)15-2-6-25-8-4-19-21-13;12-1-5-20-7-3-14-10(18)16-9-17-11(19)15-4-8-21-6-2-13;5-1-3-9-4-2-7-8-6;4-1-7-3-5-2-6/h1-9H2,(H2,14,16,22)(H2,15,17,23);1-9,12-13H2,(H2,14,16,18)(H2,15,17,19);1-5H2;3H2. The molecule has 0 fully saturated rings. The van der Waals surface area contributed by atoms with Crippen molar-refractivity contribution in [2.45, 2.75) is 0 Å². The molecule has 62 heavy (non-hydrogen) atoms. The van der Waals surface area contributed by atoms with Crippen molar-refractivity contribution >= 4 is 30.2 Å². The van der Waals surface area contributed by atoms with Crippen molar-refractivity contribution in [3.63, 3.8) is 0 Å². The van der Waals surface area contributed by atoms with E-state index >= 15 is 0 Å². The van der Waals surface area contributed by atoms with Crippen LogP contribution < -0.4 is 59.7 Å². The first-order valence-corrected chi connectivity index (χ1v) is 18.4. The van der Waals surface area contributed by atoms with Gasteiger partial charge in [0.1, 0.15) is 0 Å². The van der Waals surface area contributed by atoms with Crippen molar-refractivity contribution in [2.24, 2.45) is 37.5 Å². The molecule has 0 bridgehead atoms. The molecule has 0 aliphatic heterocycles. The molecule has 8 amide bonds. The number of nitrogens with zero attached hydrogens (tertiary/aromatic N) is 11. The van der Waals surface area contributed by atoms with Crippen LogP contribution in [0.2, 0.25) is 0 Å². The van der Waals surface area contributed by atoms with Gasteiger partial charge in [-0.2, -0.15) is 10.3 Å². The van der Waals surface area contributed by atoms with Crippen molar-refractivity contribution in [1.82, 2.24) is 42.5 Å². The van der Waals surface area contributed by atoms with E-state index in [-0.39, 0.29) is 72.7 Å². The Kier molecular flexibility index (Phi) is 58.7. The van der Waals surface area contributed by atoms with Gasteiger partial charge < -0.3 is 88.2 Å². The number of rotatable bonds is 33. The lowest BCUT2D eigenvalue weighted by Crippen LogP contribution is -2.46. The van der Waals surface area contributed by atoms with Gasteiger partial charge >= 0.3 is 24.1 Å². The Hall–Kier alpha value is -6.64. The summed E-state index contributed by atoms with van der Waals surface area (Å²) in [5.41, 5.74) is 39.5. The third kappa shape index (κ3) is 65.2. The first-order chi connectivity index (χ1) is 30.2. The van der Waals surface area contributed by atoms with Gasteiger partial charge in [0.15, 0.2) is 0 Å². The molecule has 0 aromatic rings. The van der Waals surface area contributed by atoms with E-state index in [0.29, 0.717) is 78.9 Å². The van der Waals surface area contributed by atoms with Crippen molar-refractivity contribution < 1.29 is 52.4 Å². The molecule has 0 radical (unpaired) electrons. The molecule has 0 heterocycles. The molecular formula is C29H60N22O11. The van der Waals surface area contributed by atoms with Crippen LogP contribution in [-0.4, -0.2) is 182 Å². The number of hydrogen-bond donors (Lipinski definition) is 11. The lowest BCUT2D eigenvalue weighted by Gasteiger charge is -2.10. The molecule has 33 nitrogen and oxygen atoms in total. The van der Waals surface area contributed by atoms with Gasteiger partial charge in [-0.25, -0.2) is 24.0 Å². The van der Waals surface area contributed by atoms with Crippen molar-refractivity contribution in [2.75, 3.05) is 152 Å². The molecule has 0 aromatic carbocycles. The fourth-order valence-corrected chi connectivity index (χ4v) is 2.90. The number of urea groups is 4. The number of carbonyl (C=O) groups is 4. The zero-order valence-electron chi connectivity index (χ0n) is 34.4. The molecule has 0 aromatic heterocycles. The number of nitrogens with two attached hydrogens (primary N) is 3. The Morgan fingerprint density at radius 3 is 1.05 bits per heavy atom. The maximum Gasteiger partial charge on any atom is 0.316 e. The Labute approximate surface area is 357 Å². The first-order valence-electron chi connectivity index (χ1n) is 18.4. The number of amides is 8. The summed E-state index contributed by atoms with van der Waals surface area (Å²) in [6.45, 7) is 7.12. The molecule has 14 N–H and O–H groups in total. The van der Waals surface area contributed by atoms with Crippen LogP contribution in [0.5, 0.6) is 0 Å². The molecule has 33 heteroatoms. The number of isocyanates is 1. The third-order valence-corrected chi connectivity index (χ3v) is 5.36. The zero-order valence-corrected chi connectivity index (χ0v) is 34.4. The smallest absolute Gasteiger partial charge is 0.316 e. The summed E-state index contributed by atoms with van der Waals surface area (Å²) in [6.07, 6.45) is 2.53. The van der Waals surface area contributed by atoms with Crippen molar-refractivity contribution in [3.05, 3.63) is 31.3 Å². The SMILES string of the molecule is N#COCN=C=O.NCCOCCNC(=O)NCNC(=O)NCCOCCN.[N-]=[N+]=NCCOCCN.[N-]=[N+]=NCCOCCNC(=O)NCNC(=O)NCCOCCN=[N+]=[N-]. The normalized spacial score (nSPS) is 9.00. The Balaban J connectivity index is -0.000000405. The van der Waals surface area contributed by atoms with Crippen LogP contribution in [0.4, 0.5) is 19.2 Å². The predicted molar refractivity (Wildman–Crippen MR) is 219 cm³/mol. The van der Waals surface area contributed by atoms with E-state index < -0.39 is 24.1 Å². The minimum atomic E-state index is -0.458. The summed E-state index contributed by atoms with van der Waals surface area (Å²) in [5.74, 6) is 0. The highest BCUT2D eigenvalue weighted by Crippen LogP contribution is 1.79. The van der Waals surface area contributed by atoms with Gasteiger partial charge in [-0.15, -0.1) is 0 Å². The number of carbonyl (C=O) groups excluding carboxylic acids is 5. The van der Waals surface area contributed by atoms with E-state index in [1.807, 2.05) is 0 Å². The molecule has 0 saturated carbocycles. The second kappa shape index (κ2) is 58.7. The zero-order chi connectivity index (χ0) is 46.8. The van der Waals surface area contributed by atoms with E-state index in [4.69, 9.17) is 62.7 Å². The van der Waals surface area contributed by atoms with Gasteiger partial charge in [0.2, 0.25) is 12.8 Å². The molecule has 0 unspecified atom stereocenters. The Bertz CT molecular complexity index is 1270. The number of nitrogens with one attached hydrogen (secondary N) is 8. The molecular weight excluding hydrogens is 832 g/mol. The molecule has 0 rings (SSSR count). The van der Waals surface area contributed by atoms with Crippen LogP contribution >= 0.6 is 0 Å². The number of ether oxygens (including phenoxy) is 6. The van der Waals surface area contributed by atoms with Crippen LogP contribution in [0.15, 0.2) is 20.3 Å². The second-order valence-electron chi connectivity index (χ2n) is 9.99. The molecule has 0 atom stereocenters. The quantitative estimate of drug-likeness (QED) is 0.00484. The number of hydrogen-bond acceptors (Lipinski definition) is 19. The minimum Gasteiger partial charge on any atom is -0.403 e. The van der Waals surface area contributed by atoms with Gasteiger partial charge in [-0.05, 0) is 16.6 Å². The summed E-state index contributed by atoms with van der Waals surface area (Å²) < 4.78 is 29.2. The highest BCUT2D eigenvalue weighted by atomic mass is 16.5. The van der Waals surface area contributed by atoms with E-state index in [1.165, 1.54) is 12.3 Å². The largest absolute Gasteiger partial charge is 0.403 e. The molecule has 352 valence electrons. The van der Waals surface area contributed by atoms with Gasteiger partial charge in [0.25, 0.3) is 6.26 Å². The van der Waals surface area contributed by atoms with E-state index in [1.54, 1.807) is 0 Å². The maximum absolute atomic E-state index is 11.4. The molecule has 0 aliphatic carbocycles. The summed E-state index contributed by atoms with van der Waals surface area (Å²) in [7, 11) is 0. The highest BCUT2D eigenvalue weighted by Gasteiger charge is 2.03. The number of aliphatic imine (C=N–C) groups is 1. The third-order valence-electron chi connectivity index (χ3n) is 5.36. The summed E-state index contributed by atoms with van der Waals surface area (Å²) >= 11 is 0. The fraction of sp³-hybridized carbons (Fsp3) is 0.793. The first kappa shape index (κ1) is 62.0. The average Bonchev–Trinajstić information content (AvgIpc) is 3.26. The van der Waals surface area contributed by atoms with Crippen LogP contribution in [0.3, 0.4) is 0 Å². The molecule has 0 aliphatic rings. The van der Waals surface area contributed by atoms with E-state index in [0.717, 1.165) is 0 Å². The van der Waals surface area contributed by atoms with E-state index in [2.05, 4.69) is 82.3 Å². The van der Waals surface area contributed by atoms with E-state index in [9.17, 15) is 24.0 Å². The van der Waals surface area contributed by atoms with Gasteiger partial charge in [0.05, 0.1) is 79.4 Å². The summed E-state index contributed by atoms with van der Waals surface area (Å²) in [6, 6.07) is -1.70. The van der Waals surface area contributed by atoms with Crippen LogP contribution in [0.1, 0.15) is 0 Å². The number of azide groups is 3. The van der Waals surface area contributed by atoms with Crippen LogP contribution in [0, 0.1) is 11.5 Å². The number of nitriles is 1. The Morgan fingerprint density at radius 2 is 0.790 bits per heavy atom. The van der Waals surface area contributed by atoms with Crippen molar-refractivity contribution in [3.8, 4) is 6.26 Å². The maximum atomic E-state index is 11.4. The average molecular weight is 893 g/mol. The van der Waals surface area contributed by atoms with Gasteiger partial charge in [-0.1, -0.05) is 15.3 Å². The summed E-state index contributed by atoms with van der Waals surface area (Å²) in [4.78, 5) is 65.1. The van der Waals surface area contributed by atoms with Gasteiger partial charge in [0, 0.05) is 80.2 Å². The second-order valence-corrected chi connectivity index (χ2v) is 9.99. The Morgan fingerprint density at radius 1 is 0.500 bits per heavy atom. The van der Waals surface area contributed by atoms with Crippen molar-refractivity contribution in [1.29, 1.82) is 5.26 Å². The highest BCUT2D eigenvalue weighted by molar-refractivity contribution is 5.77. The predicted octanol–water partition coefficient (Wildman–Crippen LogP) is -2.26. The lowest BCUT2D eigenvalue weighted by atomic mass is 10.6. The molecule has 0 saturated heterocycles. The monoisotopic (exact) mass is 892 g/mol. The van der Waals surface area contributed by atoms with Crippen LogP contribution in [0.25, 0.3) is 31.3 Å². The van der Waals surface area contributed by atoms with Gasteiger partial charge in [-0.3, -0.25) is 0 Å². The summed E-state index contributed by atoms with van der Waals surface area (Å²) in [5, 5.41) is 37.4.